The van der Waals surface area contributed by atoms with E-state index in [0.717, 1.165) is 16.5 Å². The third-order valence-corrected chi connectivity index (χ3v) is 3.91. The molecule has 2 amide bonds. The van der Waals surface area contributed by atoms with Crippen LogP contribution < -0.4 is 10.9 Å². The van der Waals surface area contributed by atoms with Crippen LogP contribution >= 0.6 is 11.6 Å². The number of hydrogen-bond donors (Lipinski definition) is 3. The van der Waals surface area contributed by atoms with Crippen molar-refractivity contribution in [1.29, 1.82) is 0 Å². The van der Waals surface area contributed by atoms with Gasteiger partial charge in [-0.05, 0) is 30.2 Å². The van der Waals surface area contributed by atoms with Crippen molar-refractivity contribution in [3.8, 4) is 0 Å². The number of aromatic nitrogens is 1. The summed E-state index contributed by atoms with van der Waals surface area (Å²) < 4.78 is 0. The van der Waals surface area contributed by atoms with E-state index in [1.54, 1.807) is 12.3 Å². The van der Waals surface area contributed by atoms with Gasteiger partial charge in [0.15, 0.2) is 0 Å². The molecule has 6 heteroatoms. The molecular formula is C18H16ClN3O2. The number of carbonyl (C=O) groups excluding carboxylic acids is 2. The SMILES string of the molecule is O=C(CCc1cccc(Cl)c1)NNC(=O)c1c[nH]c2ccccc12. The molecule has 0 fully saturated rings. The average Bonchev–Trinajstić information content (AvgIpc) is 3.02. The zero-order chi connectivity index (χ0) is 16.9. The minimum Gasteiger partial charge on any atom is -0.360 e. The highest BCUT2D eigenvalue weighted by molar-refractivity contribution is 6.30. The molecule has 0 saturated carbocycles. The zero-order valence-electron chi connectivity index (χ0n) is 12.8. The molecular weight excluding hydrogens is 326 g/mol. The maximum atomic E-state index is 12.2. The molecule has 3 aromatic rings. The fraction of sp³-hybridized carbons (Fsp3) is 0.111. The molecule has 3 rings (SSSR count). The third-order valence-electron chi connectivity index (χ3n) is 3.68. The van der Waals surface area contributed by atoms with Crippen LogP contribution in [-0.2, 0) is 11.2 Å². The van der Waals surface area contributed by atoms with Crippen molar-refractivity contribution in [2.45, 2.75) is 12.8 Å². The first kappa shape index (κ1) is 16.1. The van der Waals surface area contributed by atoms with Gasteiger partial charge in [0.1, 0.15) is 0 Å². The summed E-state index contributed by atoms with van der Waals surface area (Å²) in [6.45, 7) is 0. The van der Waals surface area contributed by atoms with Crippen molar-refractivity contribution in [2.75, 3.05) is 0 Å². The number of aryl methyl sites for hydroxylation is 1. The monoisotopic (exact) mass is 341 g/mol. The van der Waals surface area contributed by atoms with Crippen LogP contribution in [0.2, 0.25) is 5.02 Å². The summed E-state index contributed by atoms with van der Waals surface area (Å²) in [6, 6.07) is 14.8. The number of aromatic amines is 1. The summed E-state index contributed by atoms with van der Waals surface area (Å²) in [5.74, 6) is -0.619. The molecule has 0 spiro atoms. The topological polar surface area (TPSA) is 74.0 Å². The number of amides is 2. The van der Waals surface area contributed by atoms with Crippen molar-refractivity contribution in [3.05, 3.63) is 70.9 Å². The summed E-state index contributed by atoms with van der Waals surface area (Å²) in [4.78, 5) is 27.1. The van der Waals surface area contributed by atoms with Gasteiger partial charge in [0.2, 0.25) is 5.91 Å². The lowest BCUT2D eigenvalue weighted by atomic mass is 10.1. The van der Waals surface area contributed by atoms with Crippen molar-refractivity contribution < 1.29 is 9.59 Å². The second-order valence-electron chi connectivity index (χ2n) is 5.38. The lowest BCUT2D eigenvalue weighted by Gasteiger charge is -2.07. The van der Waals surface area contributed by atoms with Crippen molar-refractivity contribution >= 4 is 34.3 Å². The van der Waals surface area contributed by atoms with Gasteiger partial charge in [-0.2, -0.15) is 0 Å². The second-order valence-corrected chi connectivity index (χ2v) is 5.82. The average molecular weight is 342 g/mol. The minimum absolute atomic E-state index is 0.258. The molecule has 5 nitrogen and oxygen atoms in total. The Hall–Kier alpha value is -2.79. The van der Waals surface area contributed by atoms with E-state index in [0.29, 0.717) is 17.0 Å². The normalized spacial score (nSPS) is 10.5. The van der Waals surface area contributed by atoms with Gasteiger partial charge < -0.3 is 4.98 Å². The summed E-state index contributed by atoms with van der Waals surface area (Å²) in [6.07, 6.45) is 2.43. The van der Waals surface area contributed by atoms with E-state index in [1.165, 1.54) is 0 Å². The number of para-hydroxylation sites is 1. The van der Waals surface area contributed by atoms with Crippen LogP contribution in [-0.4, -0.2) is 16.8 Å². The molecule has 24 heavy (non-hydrogen) atoms. The summed E-state index contributed by atoms with van der Waals surface area (Å²) in [5, 5.41) is 1.45. The Morgan fingerprint density at radius 1 is 1.04 bits per heavy atom. The maximum absolute atomic E-state index is 12.2. The van der Waals surface area contributed by atoms with E-state index in [1.807, 2.05) is 42.5 Å². The highest BCUT2D eigenvalue weighted by atomic mass is 35.5. The van der Waals surface area contributed by atoms with Crippen molar-refractivity contribution in [2.24, 2.45) is 0 Å². The van der Waals surface area contributed by atoms with E-state index in [9.17, 15) is 9.59 Å². The van der Waals surface area contributed by atoms with E-state index in [4.69, 9.17) is 11.6 Å². The van der Waals surface area contributed by atoms with Crippen LogP contribution in [0, 0.1) is 0 Å². The lowest BCUT2D eigenvalue weighted by Crippen LogP contribution is -2.41. The molecule has 0 bridgehead atoms. The number of nitrogens with one attached hydrogen (secondary N) is 3. The molecule has 0 aliphatic rings. The molecule has 2 aromatic carbocycles. The molecule has 0 saturated heterocycles. The largest absolute Gasteiger partial charge is 0.360 e. The van der Waals surface area contributed by atoms with Crippen molar-refractivity contribution in [1.82, 2.24) is 15.8 Å². The number of hydrogen-bond acceptors (Lipinski definition) is 2. The van der Waals surface area contributed by atoms with Crippen LogP contribution in [0.15, 0.2) is 54.7 Å². The molecule has 0 radical (unpaired) electrons. The number of fused-ring (bicyclic) bond motifs is 1. The number of H-pyrrole nitrogens is 1. The summed E-state index contributed by atoms with van der Waals surface area (Å²) in [7, 11) is 0. The second kappa shape index (κ2) is 7.19. The third kappa shape index (κ3) is 3.75. The Morgan fingerprint density at radius 3 is 2.71 bits per heavy atom. The van der Waals surface area contributed by atoms with E-state index in [2.05, 4.69) is 15.8 Å². The number of benzene rings is 2. The van der Waals surface area contributed by atoms with Gasteiger partial charge >= 0.3 is 0 Å². The fourth-order valence-electron chi connectivity index (χ4n) is 2.47. The Balaban J connectivity index is 1.53. The molecule has 0 unspecified atom stereocenters. The van der Waals surface area contributed by atoms with Crippen LogP contribution in [0.25, 0.3) is 10.9 Å². The quantitative estimate of drug-likeness (QED) is 0.637. The van der Waals surface area contributed by atoms with Gasteiger partial charge in [0, 0.05) is 28.5 Å². The van der Waals surface area contributed by atoms with Gasteiger partial charge in [-0.3, -0.25) is 20.4 Å². The highest BCUT2D eigenvalue weighted by Gasteiger charge is 2.12. The highest BCUT2D eigenvalue weighted by Crippen LogP contribution is 2.17. The first-order chi connectivity index (χ1) is 11.6. The Morgan fingerprint density at radius 2 is 1.88 bits per heavy atom. The standard InChI is InChI=1S/C18H16ClN3O2/c19-13-5-3-4-12(10-13)8-9-17(23)21-22-18(24)15-11-20-16-7-2-1-6-14(15)16/h1-7,10-11,20H,8-9H2,(H,21,23)(H,22,24). The van der Waals surface area contributed by atoms with Gasteiger partial charge in [-0.1, -0.05) is 41.9 Å². The summed E-state index contributed by atoms with van der Waals surface area (Å²) in [5.41, 5.74) is 7.20. The number of halogens is 1. The lowest BCUT2D eigenvalue weighted by molar-refractivity contribution is -0.121. The van der Waals surface area contributed by atoms with Crippen LogP contribution in [0.3, 0.4) is 0 Å². The molecule has 0 aliphatic carbocycles. The van der Waals surface area contributed by atoms with E-state index in [-0.39, 0.29) is 18.2 Å². The van der Waals surface area contributed by atoms with Gasteiger partial charge in [-0.25, -0.2) is 0 Å². The summed E-state index contributed by atoms with van der Waals surface area (Å²) >= 11 is 5.91. The maximum Gasteiger partial charge on any atom is 0.271 e. The molecule has 122 valence electrons. The minimum atomic E-state index is -0.358. The number of rotatable bonds is 4. The predicted molar refractivity (Wildman–Crippen MR) is 93.7 cm³/mol. The van der Waals surface area contributed by atoms with Crippen molar-refractivity contribution in [3.63, 3.8) is 0 Å². The molecule has 1 aromatic heterocycles. The van der Waals surface area contributed by atoms with Gasteiger partial charge in [0.05, 0.1) is 5.56 Å². The predicted octanol–water partition coefficient (Wildman–Crippen LogP) is 3.22. The zero-order valence-corrected chi connectivity index (χ0v) is 13.6. The fourth-order valence-corrected chi connectivity index (χ4v) is 2.68. The van der Waals surface area contributed by atoms with Crippen LogP contribution in [0.4, 0.5) is 0 Å². The first-order valence-electron chi connectivity index (χ1n) is 7.53. The number of hydrazine groups is 1. The number of carbonyl (C=O) groups is 2. The Bertz CT molecular complexity index is 889. The smallest absolute Gasteiger partial charge is 0.271 e. The molecule has 1 heterocycles. The van der Waals surface area contributed by atoms with Crippen LogP contribution in [0.5, 0.6) is 0 Å². The van der Waals surface area contributed by atoms with E-state index < -0.39 is 0 Å². The molecule has 3 N–H and O–H groups in total. The molecule has 0 aliphatic heterocycles. The van der Waals surface area contributed by atoms with Gasteiger partial charge in [-0.15, -0.1) is 0 Å². The first-order valence-corrected chi connectivity index (χ1v) is 7.91. The van der Waals surface area contributed by atoms with E-state index >= 15 is 0 Å². The Labute approximate surface area is 144 Å². The molecule has 0 atom stereocenters. The van der Waals surface area contributed by atoms with Gasteiger partial charge in [0.25, 0.3) is 5.91 Å². The Kier molecular flexibility index (Phi) is 4.82. The van der Waals surface area contributed by atoms with Crippen LogP contribution in [0.1, 0.15) is 22.3 Å².